The van der Waals surface area contributed by atoms with Crippen molar-refractivity contribution in [2.45, 2.75) is 43.8 Å². The molecule has 1 aliphatic rings. The second-order valence-corrected chi connectivity index (χ2v) is 7.22. The van der Waals surface area contributed by atoms with Crippen LogP contribution in [-0.2, 0) is 0 Å². The minimum absolute atomic E-state index is 0.608. The first-order chi connectivity index (χ1) is 8.79. The zero-order valence-corrected chi connectivity index (χ0v) is 12.9. The molecule has 1 aromatic carbocycles. The van der Waals surface area contributed by atoms with Gasteiger partial charge in [0.2, 0.25) is 0 Å². The smallest absolute Gasteiger partial charge is 0.00498 e. The lowest BCUT2D eigenvalue weighted by molar-refractivity contribution is 0.394. The van der Waals surface area contributed by atoms with Crippen LogP contribution in [-0.4, -0.2) is 16.8 Å². The highest BCUT2D eigenvalue weighted by atomic mass is 32.2. The predicted octanol–water partition coefficient (Wildman–Crippen LogP) is 5.01. The SMILES string of the molecule is CC1CCCC(SCC(CS)c2ccccc2)C1. The second-order valence-electron chi connectivity index (χ2n) is 5.52. The quantitative estimate of drug-likeness (QED) is 0.740. The molecule has 0 heterocycles. The van der Waals surface area contributed by atoms with E-state index in [0.717, 1.165) is 16.9 Å². The first kappa shape index (κ1) is 14.3. The van der Waals surface area contributed by atoms with Gasteiger partial charge in [0.15, 0.2) is 0 Å². The Kier molecular flexibility index (Phi) is 5.97. The highest BCUT2D eigenvalue weighted by Gasteiger charge is 2.20. The molecule has 0 spiro atoms. The van der Waals surface area contributed by atoms with Gasteiger partial charge in [0.05, 0.1) is 0 Å². The third-order valence-electron chi connectivity index (χ3n) is 3.91. The average molecular weight is 281 g/mol. The van der Waals surface area contributed by atoms with Crippen LogP contribution in [0.3, 0.4) is 0 Å². The molecule has 0 nitrogen and oxygen atoms in total. The standard InChI is InChI=1S/C16H24S2/c1-13-6-5-9-16(10-13)18-12-15(11-17)14-7-3-2-4-8-14/h2-4,7-8,13,15-17H,5-6,9-12H2,1H3. The van der Waals surface area contributed by atoms with Crippen molar-refractivity contribution < 1.29 is 0 Å². The van der Waals surface area contributed by atoms with E-state index in [1.165, 1.54) is 37.0 Å². The molecular formula is C16H24S2. The molecule has 3 atom stereocenters. The number of thiol groups is 1. The lowest BCUT2D eigenvalue weighted by atomic mass is 9.91. The number of rotatable bonds is 5. The van der Waals surface area contributed by atoms with Crippen molar-refractivity contribution in [1.82, 2.24) is 0 Å². The molecule has 18 heavy (non-hydrogen) atoms. The van der Waals surface area contributed by atoms with Crippen molar-refractivity contribution in [2.24, 2.45) is 5.92 Å². The fraction of sp³-hybridized carbons (Fsp3) is 0.625. The number of hydrogen-bond donors (Lipinski definition) is 1. The maximum absolute atomic E-state index is 4.53. The Morgan fingerprint density at radius 2 is 2.06 bits per heavy atom. The van der Waals surface area contributed by atoms with Gasteiger partial charge in [-0.05, 0) is 30.1 Å². The van der Waals surface area contributed by atoms with Crippen LogP contribution >= 0.6 is 24.4 Å². The maximum atomic E-state index is 4.53. The summed E-state index contributed by atoms with van der Waals surface area (Å²) in [7, 11) is 0. The molecule has 0 saturated heterocycles. The van der Waals surface area contributed by atoms with Crippen LogP contribution in [0.25, 0.3) is 0 Å². The van der Waals surface area contributed by atoms with Gasteiger partial charge in [0.25, 0.3) is 0 Å². The third-order valence-corrected chi connectivity index (χ3v) is 5.85. The van der Waals surface area contributed by atoms with Crippen LogP contribution in [0, 0.1) is 5.92 Å². The predicted molar refractivity (Wildman–Crippen MR) is 86.9 cm³/mol. The fourth-order valence-electron chi connectivity index (χ4n) is 2.76. The van der Waals surface area contributed by atoms with Gasteiger partial charge in [-0.1, -0.05) is 50.1 Å². The zero-order valence-electron chi connectivity index (χ0n) is 11.2. The third kappa shape index (κ3) is 4.24. The molecule has 0 bridgehead atoms. The van der Waals surface area contributed by atoms with E-state index in [1.807, 2.05) is 0 Å². The topological polar surface area (TPSA) is 0 Å². The van der Waals surface area contributed by atoms with E-state index in [0.29, 0.717) is 5.92 Å². The molecule has 1 fully saturated rings. The van der Waals surface area contributed by atoms with Crippen molar-refractivity contribution in [2.75, 3.05) is 11.5 Å². The Morgan fingerprint density at radius 3 is 2.72 bits per heavy atom. The molecule has 0 amide bonds. The lowest BCUT2D eigenvalue weighted by Gasteiger charge is -2.27. The van der Waals surface area contributed by atoms with E-state index in [9.17, 15) is 0 Å². The summed E-state index contributed by atoms with van der Waals surface area (Å²) >= 11 is 6.71. The summed E-state index contributed by atoms with van der Waals surface area (Å²) in [6.45, 7) is 2.40. The summed E-state index contributed by atoms with van der Waals surface area (Å²) in [5, 5.41) is 0.889. The highest BCUT2D eigenvalue weighted by molar-refractivity contribution is 7.99. The molecule has 2 heteroatoms. The van der Waals surface area contributed by atoms with E-state index < -0.39 is 0 Å². The number of hydrogen-bond acceptors (Lipinski definition) is 2. The first-order valence-electron chi connectivity index (χ1n) is 7.07. The summed E-state index contributed by atoms with van der Waals surface area (Å²) in [5.74, 6) is 3.73. The monoisotopic (exact) mass is 280 g/mol. The normalized spacial score (nSPS) is 25.9. The zero-order chi connectivity index (χ0) is 12.8. The summed E-state index contributed by atoms with van der Waals surface area (Å²) in [6.07, 6.45) is 5.70. The van der Waals surface area contributed by atoms with Gasteiger partial charge in [-0.25, -0.2) is 0 Å². The van der Waals surface area contributed by atoms with Crippen LogP contribution in [0.15, 0.2) is 30.3 Å². The van der Waals surface area contributed by atoms with Gasteiger partial charge in [0, 0.05) is 16.9 Å². The van der Waals surface area contributed by atoms with Crippen molar-refractivity contribution in [3.05, 3.63) is 35.9 Å². The van der Waals surface area contributed by atoms with E-state index in [1.54, 1.807) is 0 Å². The van der Waals surface area contributed by atoms with E-state index in [2.05, 4.69) is 61.6 Å². The van der Waals surface area contributed by atoms with Gasteiger partial charge < -0.3 is 0 Å². The van der Waals surface area contributed by atoms with E-state index in [-0.39, 0.29) is 0 Å². The highest BCUT2D eigenvalue weighted by Crippen LogP contribution is 2.34. The summed E-state index contributed by atoms with van der Waals surface area (Å²) in [5.41, 5.74) is 1.45. The summed E-state index contributed by atoms with van der Waals surface area (Å²) in [6, 6.07) is 10.9. The minimum Gasteiger partial charge on any atom is -0.179 e. The van der Waals surface area contributed by atoms with Crippen LogP contribution in [0.1, 0.15) is 44.1 Å². The van der Waals surface area contributed by atoms with Crippen LogP contribution in [0.5, 0.6) is 0 Å². The molecule has 1 saturated carbocycles. The van der Waals surface area contributed by atoms with Crippen molar-refractivity contribution in [1.29, 1.82) is 0 Å². The molecule has 100 valence electrons. The van der Waals surface area contributed by atoms with Gasteiger partial charge >= 0.3 is 0 Å². The van der Waals surface area contributed by atoms with Crippen molar-refractivity contribution in [3.8, 4) is 0 Å². The van der Waals surface area contributed by atoms with Crippen LogP contribution in [0.4, 0.5) is 0 Å². The molecule has 2 rings (SSSR count). The summed E-state index contributed by atoms with van der Waals surface area (Å²) < 4.78 is 0. The molecule has 1 aliphatic carbocycles. The maximum Gasteiger partial charge on any atom is 0.00498 e. The Balaban J connectivity index is 1.84. The van der Waals surface area contributed by atoms with Gasteiger partial charge in [0.1, 0.15) is 0 Å². The van der Waals surface area contributed by atoms with Gasteiger partial charge in [-0.15, -0.1) is 0 Å². The molecular weight excluding hydrogens is 256 g/mol. The molecule has 3 unspecified atom stereocenters. The largest absolute Gasteiger partial charge is 0.179 e. The van der Waals surface area contributed by atoms with Crippen molar-refractivity contribution in [3.63, 3.8) is 0 Å². The first-order valence-corrected chi connectivity index (χ1v) is 8.75. The Labute approximate surface area is 121 Å². The second kappa shape index (κ2) is 7.49. The molecule has 0 aliphatic heterocycles. The van der Waals surface area contributed by atoms with E-state index in [4.69, 9.17) is 0 Å². The van der Waals surface area contributed by atoms with Crippen LogP contribution < -0.4 is 0 Å². The van der Waals surface area contributed by atoms with Crippen LogP contribution in [0.2, 0.25) is 0 Å². The number of thioether (sulfide) groups is 1. The van der Waals surface area contributed by atoms with E-state index >= 15 is 0 Å². The minimum atomic E-state index is 0.608. The number of benzene rings is 1. The molecule has 0 aromatic heterocycles. The Bertz CT molecular complexity index is 336. The fourth-order valence-corrected chi connectivity index (χ4v) is 4.89. The molecule has 0 N–H and O–H groups in total. The summed E-state index contributed by atoms with van der Waals surface area (Å²) in [4.78, 5) is 0. The van der Waals surface area contributed by atoms with Gasteiger partial charge in [-0.2, -0.15) is 24.4 Å². The average Bonchev–Trinajstić information content (AvgIpc) is 2.41. The molecule has 1 aromatic rings. The lowest BCUT2D eigenvalue weighted by Crippen LogP contribution is -2.17. The Hall–Kier alpha value is -0.0800. The van der Waals surface area contributed by atoms with Crippen molar-refractivity contribution >= 4 is 24.4 Å². The van der Waals surface area contributed by atoms with Gasteiger partial charge in [-0.3, -0.25) is 0 Å². The molecule has 0 radical (unpaired) electrons. The Morgan fingerprint density at radius 1 is 1.28 bits per heavy atom.